The van der Waals surface area contributed by atoms with E-state index in [2.05, 4.69) is 0 Å². The second-order valence-corrected chi connectivity index (χ2v) is 3.59. The van der Waals surface area contributed by atoms with Crippen LogP contribution in [0.4, 0.5) is 0 Å². The van der Waals surface area contributed by atoms with Crippen LogP contribution in [0.3, 0.4) is 0 Å². The van der Waals surface area contributed by atoms with Crippen molar-refractivity contribution in [3.8, 4) is 0 Å². The van der Waals surface area contributed by atoms with Crippen molar-refractivity contribution in [3.05, 3.63) is 0 Å². The molecule has 0 radical (unpaired) electrons. The van der Waals surface area contributed by atoms with Crippen LogP contribution in [0.1, 0.15) is 25.7 Å². The molecule has 0 unspecified atom stereocenters. The van der Waals surface area contributed by atoms with E-state index in [1.54, 1.807) is 0 Å². The monoisotopic (exact) mass is 159 g/mol. The molecule has 1 fully saturated rings. The molecule has 0 amide bonds. The SMILES string of the molecule is NCC[C@@H](O)CC1(CO)CC1. The predicted molar refractivity (Wildman–Crippen MR) is 43.0 cm³/mol. The van der Waals surface area contributed by atoms with Crippen LogP contribution in [0.25, 0.3) is 0 Å². The van der Waals surface area contributed by atoms with Crippen LogP contribution < -0.4 is 5.73 Å². The number of hydrogen-bond donors (Lipinski definition) is 3. The molecule has 1 saturated carbocycles. The minimum absolute atomic E-state index is 0.0641. The molecule has 0 aromatic rings. The largest absolute Gasteiger partial charge is 0.396 e. The zero-order chi connectivity index (χ0) is 8.32. The van der Waals surface area contributed by atoms with E-state index in [1.165, 1.54) is 0 Å². The Morgan fingerprint density at radius 1 is 1.45 bits per heavy atom. The first-order chi connectivity index (χ1) is 5.22. The number of nitrogens with two attached hydrogens (primary N) is 1. The highest BCUT2D eigenvalue weighted by atomic mass is 16.3. The lowest BCUT2D eigenvalue weighted by Crippen LogP contribution is -2.20. The van der Waals surface area contributed by atoms with Gasteiger partial charge in [0, 0.05) is 6.61 Å². The Kier molecular flexibility index (Phi) is 2.87. The van der Waals surface area contributed by atoms with Gasteiger partial charge >= 0.3 is 0 Å². The van der Waals surface area contributed by atoms with Crippen molar-refractivity contribution in [2.45, 2.75) is 31.8 Å². The Balaban J connectivity index is 2.18. The van der Waals surface area contributed by atoms with Gasteiger partial charge in [0.1, 0.15) is 0 Å². The smallest absolute Gasteiger partial charge is 0.0558 e. The van der Waals surface area contributed by atoms with Crippen LogP contribution in [0.5, 0.6) is 0 Å². The van der Waals surface area contributed by atoms with E-state index < -0.39 is 0 Å². The molecule has 1 atom stereocenters. The van der Waals surface area contributed by atoms with Gasteiger partial charge in [-0.2, -0.15) is 0 Å². The summed E-state index contributed by atoms with van der Waals surface area (Å²) in [7, 11) is 0. The zero-order valence-corrected chi connectivity index (χ0v) is 6.79. The van der Waals surface area contributed by atoms with Crippen molar-refractivity contribution >= 4 is 0 Å². The normalized spacial score (nSPS) is 23.2. The molecule has 3 heteroatoms. The van der Waals surface area contributed by atoms with Gasteiger partial charge < -0.3 is 15.9 Å². The number of rotatable bonds is 5. The molecule has 11 heavy (non-hydrogen) atoms. The molecule has 3 nitrogen and oxygen atoms in total. The van der Waals surface area contributed by atoms with Crippen LogP contribution in [-0.2, 0) is 0 Å². The van der Waals surface area contributed by atoms with Crippen LogP contribution in [0.2, 0.25) is 0 Å². The summed E-state index contributed by atoms with van der Waals surface area (Å²) in [4.78, 5) is 0. The first-order valence-electron chi connectivity index (χ1n) is 4.21. The van der Waals surface area contributed by atoms with E-state index in [4.69, 9.17) is 10.8 Å². The van der Waals surface area contributed by atoms with E-state index in [1.807, 2.05) is 0 Å². The second kappa shape index (κ2) is 3.52. The summed E-state index contributed by atoms with van der Waals surface area (Å²) in [6.45, 7) is 0.747. The molecular formula is C8H17NO2. The van der Waals surface area contributed by atoms with Gasteiger partial charge in [0.05, 0.1) is 6.10 Å². The quantitative estimate of drug-likeness (QED) is 0.523. The zero-order valence-electron chi connectivity index (χ0n) is 6.79. The molecule has 66 valence electrons. The van der Waals surface area contributed by atoms with Crippen LogP contribution >= 0.6 is 0 Å². The van der Waals surface area contributed by atoms with E-state index in [0.29, 0.717) is 13.0 Å². The molecule has 1 aliphatic carbocycles. The summed E-state index contributed by atoms with van der Waals surface area (Å²) < 4.78 is 0. The lowest BCUT2D eigenvalue weighted by molar-refractivity contribution is 0.101. The summed E-state index contributed by atoms with van der Waals surface area (Å²) in [5, 5.41) is 18.3. The number of aliphatic hydroxyl groups excluding tert-OH is 2. The predicted octanol–water partition coefficient (Wildman–Crippen LogP) is -0.141. The highest BCUT2D eigenvalue weighted by Crippen LogP contribution is 2.49. The fourth-order valence-corrected chi connectivity index (χ4v) is 1.40. The molecule has 0 aliphatic heterocycles. The van der Waals surface area contributed by atoms with Crippen molar-refractivity contribution in [1.29, 1.82) is 0 Å². The molecule has 0 bridgehead atoms. The van der Waals surface area contributed by atoms with Gasteiger partial charge in [-0.3, -0.25) is 0 Å². The number of hydrogen-bond acceptors (Lipinski definition) is 3. The van der Waals surface area contributed by atoms with E-state index >= 15 is 0 Å². The molecule has 0 saturated heterocycles. The molecular weight excluding hydrogens is 142 g/mol. The van der Waals surface area contributed by atoms with Gasteiger partial charge in [-0.1, -0.05) is 0 Å². The molecule has 1 rings (SSSR count). The summed E-state index contributed by atoms with van der Waals surface area (Å²) in [5.41, 5.74) is 5.35. The van der Waals surface area contributed by atoms with Crippen LogP contribution in [0, 0.1) is 5.41 Å². The summed E-state index contributed by atoms with van der Waals surface area (Å²) in [6, 6.07) is 0. The van der Waals surface area contributed by atoms with E-state index in [0.717, 1.165) is 19.3 Å². The minimum Gasteiger partial charge on any atom is -0.396 e. The third-order valence-electron chi connectivity index (χ3n) is 2.46. The Bertz CT molecular complexity index is 123. The van der Waals surface area contributed by atoms with E-state index in [-0.39, 0.29) is 18.1 Å². The number of aliphatic hydroxyl groups is 2. The lowest BCUT2D eigenvalue weighted by Gasteiger charge is -2.15. The summed E-state index contributed by atoms with van der Waals surface area (Å²) in [6.07, 6.45) is 3.19. The average molecular weight is 159 g/mol. The Hall–Kier alpha value is -0.120. The second-order valence-electron chi connectivity index (χ2n) is 3.59. The maximum atomic E-state index is 9.36. The summed E-state index contributed by atoms with van der Waals surface area (Å²) in [5.74, 6) is 0. The Morgan fingerprint density at radius 3 is 2.45 bits per heavy atom. The molecule has 0 aromatic carbocycles. The van der Waals surface area contributed by atoms with Crippen molar-refractivity contribution in [2.75, 3.05) is 13.2 Å². The highest BCUT2D eigenvalue weighted by Gasteiger charge is 2.42. The molecule has 0 heterocycles. The van der Waals surface area contributed by atoms with Crippen molar-refractivity contribution in [3.63, 3.8) is 0 Å². The molecule has 4 N–H and O–H groups in total. The van der Waals surface area contributed by atoms with Crippen LogP contribution in [-0.4, -0.2) is 29.5 Å². The molecule has 1 aliphatic rings. The summed E-state index contributed by atoms with van der Waals surface area (Å²) >= 11 is 0. The van der Waals surface area contributed by atoms with Gasteiger partial charge in [0.25, 0.3) is 0 Å². The molecule has 0 aromatic heterocycles. The van der Waals surface area contributed by atoms with Crippen molar-refractivity contribution in [1.82, 2.24) is 0 Å². The Labute approximate surface area is 67.2 Å². The standard InChI is InChI=1S/C8H17NO2/c9-4-1-7(11)5-8(6-10)2-3-8/h7,10-11H,1-6,9H2/t7-/m1/s1. The third-order valence-corrected chi connectivity index (χ3v) is 2.46. The maximum absolute atomic E-state index is 9.36. The van der Waals surface area contributed by atoms with Gasteiger partial charge in [-0.15, -0.1) is 0 Å². The first kappa shape index (κ1) is 8.97. The van der Waals surface area contributed by atoms with Gasteiger partial charge in [-0.05, 0) is 37.6 Å². The average Bonchev–Trinajstić information content (AvgIpc) is 2.70. The van der Waals surface area contributed by atoms with Gasteiger partial charge in [0.15, 0.2) is 0 Å². The fourth-order valence-electron chi connectivity index (χ4n) is 1.40. The lowest BCUT2D eigenvalue weighted by atomic mass is 9.98. The van der Waals surface area contributed by atoms with E-state index in [9.17, 15) is 5.11 Å². The maximum Gasteiger partial charge on any atom is 0.0558 e. The minimum atomic E-state index is -0.311. The highest BCUT2D eigenvalue weighted by molar-refractivity contribution is 4.93. The van der Waals surface area contributed by atoms with Crippen LogP contribution in [0.15, 0.2) is 0 Å². The van der Waals surface area contributed by atoms with Gasteiger partial charge in [-0.25, -0.2) is 0 Å². The Morgan fingerprint density at radius 2 is 2.09 bits per heavy atom. The first-order valence-corrected chi connectivity index (χ1v) is 4.21. The third kappa shape index (κ3) is 2.43. The van der Waals surface area contributed by atoms with Crippen molar-refractivity contribution < 1.29 is 10.2 Å². The molecule has 0 spiro atoms. The fraction of sp³-hybridized carbons (Fsp3) is 1.00. The topological polar surface area (TPSA) is 66.5 Å². The van der Waals surface area contributed by atoms with Crippen molar-refractivity contribution in [2.24, 2.45) is 11.1 Å². The van der Waals surface area contributed by atoms with Gasteiger partial charge in [0.2, 0.25) is 0 Å².